The van der Waals surface area contributed by atoms with Gasteiger partial charge in [-0.3, -0.25) is 10.1 Å². The second-order valence-electron chi connectivity index (χ2n) is 8.98. The predicted molar refractivity (Wildman–Crippen MR) is 134 cm³/mol. The number of aliphatic hydroxyl groups is 1. The number of aliphatic hydroxyl groups excluding tert-OH is 1. The molecule has 1 aliphatic rings. The molecular formula is C25H33N3O6S. The van der Waals surface area contributed by atoms with Crippen LogP contribution in [0.4, 0.5) is 10.5 Å². The summed E-state index contributed by atoms with van der Waals surface area (Å²) in [5, 5.41) is 25.0. The number of alkyl carbamates (subject to hydrolysis) is 1. The van der Waals surface area contributed by atoms with Crippen molar-refractivity contribution in [1.82, 2.24) is 9.62 Å². The summed E-state index contributed by atoms with van der Waals surface area (Å²) in [6, 6.07) is 15.4. The zero-order chi connectivity index (χ0) is 25.2. The third-order valence-corrected chi connectivity index (χ3v) is 6.51. The van der Waals surface area contributed by atoms with Gasteiger partial charge in [0, 0.05) is 36.5 Å². The van der Waals surface area contributed by atoms with Crippen molar-refractivity contribution >= 4 is 23.7 Å². The molecule has 2 aromatic carbocycles. The van der Waals surface area contributed by atoms with Gasteiger partial charge in [0.05, 0.1) is 30.3 Å². The summed E-state index contributed by atoms with van der Waals surface area (Å²) >= 11 is 1.42. The van der Waals surface area contributed by atoms with Crippen LogP contribution < -0.4 is 5.32 Å². The minimum absolute atomic E-state index is 0.0306. The number of carbonyl (C=O) groups excluding carboxylic acids is 1. The number of nitrogens with one attached hydrogen (secondary N) is 1. The van der Waals surface area contributed by atoms with Crippen molar-refractivity contribution in [1.29, 1.82) is 0 Å². The Morgan fingerprint density at radius 1 is 1.23 bits per heavy atom. The molecule has 0 unspecified atom stereocenters. The lowest BCUT2D eigenvalue weighted by Crippen LogP contribution is -2.49. The van der Waals surface area contributed by atoms with E-state index < -0.39 is 23.2 Å². The largest absolute Gasteiger partial charge is 0.444 e. The van der Waals surface area contributed by atoms with E-state index in [2.05, 4.69) is 19.2 Å². The van der Waals surface area contributed by atoms with Gasteiger partial charge in [-0.25, -0.2) is 9.10 Å². The van der Waals surface area contributed by atoms with Gasteiger partial charge in [0.15, 0.2) is 0 Å². The van der Waals surface area contributed by atoms with Gasteiger partial charge in [-0.1, -0.05) is 44.2 Å². The van der Waals surface area contributed by atoms with Crippen molar-refractivity contribution in [3.05, 3.63) is 70.3 Å². The molecule has 35 heavy (non-hydrogen) atoms. The second kappa shape index (κ2) is 13.4. The molecule has 1 saturated heterocycles. The molecule has 1 fully saturated rings. The normalized spacial score (nSPS) is 17.3. The maximum absolute atomic E-state index is 12.6. The highest BCUT2D eigenvalue weighted by molar-refractivity contribution is 7.97. The molecule has 2 aromatic rings. The summed E-state index contributed by atoms with van der Waals surface area (Å²) in [5.74, 6) is 0.320. The predicted octanol–water partition coefficient (Wildman–Crippen LogP) is 4.05. The van der Waals surface area contributed by atoms with Crippen molar-refractivity contribution < 1.29 is 24.3 Å². The molecular weight excluding hydrogens is 470 g/mol. The number of hydrogen-bond acceptors (Lipinski definition) is 8. The van der Waals surface area contributed by atoms with Crippen molar-refractivity contribution in [2.24, 2.45) is 5.92 Å². The van der Waals surface area contributed by atoms with Crippen LogP contribution in [0.3, 0.4) is 0 Å². The standard InChI is InChI=1S/C25H33N3O6S/c1-18(2)15-27(35-22-10-8-20(9-11-22)28(31)32)16-24(29)23(14-19-6-4-3-5-7-19)26-25(30)34-21-12-13-33-17-21/h3-11,18,21,23-24,29H,12-17H2,1-2H3,(H,26,30)/t21-,23-,24+/m0/s1. The van der Waals surface area contributed by atoms with E-state index in [0.29, 0.717) is 38.5 Å². The molecule has 0 spiro atoms. The Morgan fingerprint density at radius 2 is 1.94 bits per heavy atom. The van der Waals surface area contributed by atoms with Gasteiger partial charge >= 0.3 is 6.09 Å². The van der Waals surface area contributed by atoms with E-state index in [9.17, 15) is 20.0 Å². The van der Waals surface area contributed by atoms with Crippen LogP contribution in [0.25, 0.3) is 0 Å². The first kappa shape index (κ1) is 26.9. The molecule has 0 aliphatic carbocycles. The van der Waals surface area contributed by atoms with Gasteiger partial charge < -0.3 is 19.9 Å². The summed E-state index contributed by atoms with van der Waals surface area (Å²) < 4.78 is 12.8. The van der Waals surface area contributed by atoms with Crippen LogP contribution >= 0.6 is 11.9 Å². The van der Waals surface area contributed by atoms with Gasteiger partial charge in [-0.15, -0.1) is 0 Å². The number of rotatable bonds is 12. The molecule has 3 rings (SSSR count). The first-order chi connectivity index (χ1) is 16.8. The van der Waals surface area contributed by atoms with Crippen LogP contribution in [0.5, 0.6) is 0 Å². The fraction of sp³-hybridized carbons (Fsp3) is 0.480. The van der Waals surface area contributed by atoms with E-state index in [4.69, 9.17) is 9.47 Å². The van der Waals surface area contributed by atoms with E-state index >= 15 is 0 Å². The summed E-state index contributed by atoms with van der Waals surface area (Å²) in [4.78, 5) is 23.9. The Kier molecular flexibility index (Phi) is 10.3. The summed E-state index contributed by atoms with van der Waals surface area (Å²) in [6.07, 6.45) is -0.631. The maximum atomic E-state index is 12.6. The van der Waals surface area contributed by atoms with Gasteiger partial charge in [0.1, 0.15) is 6.10 Å². The van der Waals surface area contributed by atoms with Crippen molar-refractivity contribution in [3.63, 3.8) is 0 Å². The van der Waals surface area contributed by atoms with E-state index in [1.165, 1.54) is 24.1 Å². The van der Waals surface area contributed by atoms with Gasteiger partial charge in [-0.05, 0) is 42.0 Å². The number of non-ortho nitro benzene ring substituents is 1. The zero-order valence-corrected chi connectivity index (χ0v) is 20.9. The highest BCUT2D eigenvalue weighted by Crippen LogP contribution is 2.26. The molecule has 3 atom stereocenters. The number of nitro groups is 1. The van der Waals surface area contributed by atoms with Crippen molar-refractivity contribution in [3.8, 4) is 0 Å². The molecule has 1 heterocycles. The summed E-state index contributed by atoms with van der Waals surface area (Å²) in [6.45, 7) is 6.07. The second-order valence-corrected chi connectivity index (χ2v) is 10.2. The number of nitrogens with zero attached hydrogens (tertiary/aromatic N) is 2. The molecule has 1 amide bonds. The van der Waals surface area contributed by atoms with Gasteiger partial charge in [0.25, 0.3) is 5.69 Å². The quantitative estimate of drug-likeness (QED) is 0.253. The summed E-state index contributed by atoms with van der Waals surface area (Å²) in [7, 11) is 0. The number of carbonyl (C=O) groups is 1. The van der Waals surface area contributed by atoms with Gasteiger partial charge in [-0.2, -0.15) is 0 Å². The molecule has 10 heteroatoms. The molecule has 2 N–H and O–H groups in total. The zero-order valence-electron chi connectivity index (χ0n) is 20.0. The fourth-order valence-electron chi connectivity index (χ4n) is 3.76. The highest BCUT2D eigenvalue weighted by Gasteiger charge is 2.27. The number of ether oxygens (including phenoxy) is 2. The lowest BCUT2D eigenvalue weighted by atomic mass is 10.0. The topological polar surface area (TPSA) is 114 Å². The SMILES string of the molecule is CC(C)CN(C[C@@H](O)[C@H](Cc1ccccc1)NC(=O)O[C@H]1CCOC1)Sc1ccc([N+](=O)[O-])cc1. The highest BCUT2D eigenvalue weighted by atomic mass is 32.2. The minimum atomic E-state index is -0.883. The first-order valence-electron chi connectivity index (χ1n) is 11.7. The Morgan fingerprint density at radius 3 is 2.54 bits per heavy atom. The summed E-state index contributed by atoms with van der Waals surface area (Å²) in [5.41, 5.74) is 1.02. The average Bonchev–Trinajstić information content (AvgIpc) is 3.32. The molecule has 1 aliphatic heterocycles. The first-order valence-corrected chi connectivity index (χ1v) is 12.5. The van der Waals surface area contributed by atoms with Crippen LogP contribution in [-0.4, -0.2) is 65.0 Å². The van der Waals surface area contributed by atoms with E-state index in [1.54, 1.807) is 12.1 Å². The number of hydrogen-bond donors (Lipinski definition) is 2. The van der Waals surface area contributed by atoms with Crippen LogP contribution in [-0.2, 0) is 15.9 Å². The molecule has 0 saturated carbocycles. The van der Waals surface area contributed by atoms with Gasteiger partial charge in [0.2, 0.25) is 0 Å². The Labute approximate surface area is 210 Å². The number of amides is 1. The fourth-order valence-corrected chi connectivity index (χ4v) is 4.92. The number of benzene rings is 2. The van der Waals surface area contributed by atoms with Crippen LogP contribution in [0, 0.1) is 16.0 Å². The molecule has 0 bridgehead atoms. The van der Waals surface area contributed by atoms with E-state index in [-0.39, 0.29) is 18.3 Å². The van der Waals surface area contributed by atoms with E-state index in [0.717, 1.165) is 10.5 Å². The third kappa shape index (κ3) is 9.14. The van der Waals surface area contributed by atoms with E-state index in [1.807, 2.05) is 34.6 Å². The van der Waals surface area contributed by atoms with Crippen LogP contribution in [0.15, 0.2) is 59.5 Å². The average molecular weight is 504 g/mol. The molecule has 0 radical (unpaired) electrons. The Balaban J connectivity index is 1.69. The lowest BCUT2D eigenvalue weighted by Gasteiger charge is -2.30. The van der Waals surface area contributed by atoms with Crippen molar-refractivity contribution in [2.45, 2.75) is 49.8 Å². The molecule has 9 nitrogen and oxygen atoms in total. The van der Waals surface area contributed by atoms with Crippen molar-refractivity contribution in [2.75, 3.05) is 26.3 Å². The van der Waals surface area contributed by atoms with Crippen LogP contribution in [0.1, 0.15) is 25.8 Å². The van der Waals surface area contributed by atoms with Crippen LogP contribution in [0.2, 0.25) is 0 Å². The Bertz CT molecular complexity index is 938. The molecule has 190 valence electrons. The Hall–Kier alpha value is -2.66. The molecule has 0 aromatic heterocycles. The minimum Gasteiger partial charge on any atom is -0.444 e. The smallest absolute Gasteiger partial charge is 0.407 e. The third-order valence-electron chi connectivity index (χ3n) is 5.47. The maximum Gasteiger partial charge on any atom is 0.407 e. The monoisotopic (exact) mass is 503 g/mol. The lowest BCUT2D eigenvalue weighted by molar-refractivity contribution is -0.384. The number of nitro benzene ring substituents is 1.